The number of sulfone groups is 1. The number of nitrogens with zero attached hydrogens (tertiary/aromatic N) is 1. The lowest BCUT2D eigenvalue weighted by atomic mass is 10.1. The largest absolute Gasteiger partial charge is 0.296 e. The van der Waals surface area contributed by atoms with E-state index in [1.807, 2.05) is 19.1 Å². The second kappa shape index (κ2) is 7.06. The first-order valence-electron chi connectivity index (χ1n) is 6.88. The van der Waals surface area contributed by atoms with Gasteiger partial charge in [-0.3, -0.25) is 4.90 Å². The van der Waals surface area contributed by atoms with Crippen molar-refractivity contribution in [3.05, 3.63) is 35.4 Å². The standard InChI is InChI=1S/C15H25NO2S/c1-5-16(14(4)12-19(17,18)6-2)11-15-10-8-7-9-13(15)3/h7-10,14H,5-6,11-12H2,1-4H3/t14-/m1/s1. The molecule has 1 aromatic carbocycles. The summed E-state index contributed by atoms with van der Waals surface area (Å²) in [5.74, 6) is 0.461. The maximum absolute atomic E-state index is 11.7. The van der Waals surface area contributed by atoms with Gasteiger partial charge in [0.1, 0.15) is 0 Å². The van der Waals surface area contributed by atoms with Crippen molar-refractivity contribution in [2.75, 3.05) is 18.1 Å². The number of hydrogen-bond donors (Lipinski definition) is 0. The van der Waals surface area contributed by atoms with Crippen molar-refractivity contribution in [3.63, 3.8) is 0 Å². The highest BCUT2D eigenvalue weighted by Crippen LogP contribution is 2.13. The second-order valence-electron chi connectivity index (χ2n) is 5.04. The van der Waals surface area contributed by atoms with E-state index in [1.165, 1.54) is 11.1 Å². The van der Waals surface area contributed by atoms with Gasteiger partial charge < -0.3 is 0 Å². The SMILES string of the molecule is CCN(Cc1ccccc1C)[C@H](C)CS(=O)(=O)CC. The van der Waals surface area contributed by atoms with E-state index in [9.17, 15) is 8.42 Å². The van der Waals surface area contributed by atoms with Crippen LogP contribution >= 0.6 is 0 Å². The van der Waals surface area contributed by atoms with Crippen LogP contribution in [-0.4, -0.2) is 37.4 Å². The van der Waals surface area contributed by atoms with Gasteiger partial charge in [-0.25, -0.2) is 8.42 Å². The van der Waals surface area contributed by atoms with E-state index in [0.29, 0.717) is 0 Å². The summed E-state index contributed by atoms with van der Waals surface area (Å²) >= 11 is 0. The van der Waals surface area contributed by atoms with Crippen LogP contribution in [0.1, 0.15) is 31.9 Å². The van der Waals surface area contributed by atoms with E-state index < -0.39 is 9.84 Å². The molecule has 1 atom stereocenters. The number of rotatable bonds is 7. The number of aryl methyl sites for hydroxylation is 1. The maximum atomic E-state index is 11.7. The van der Waals surface area contributed by atoms with E-state index >= 15 is 0 Å². The molecule has 3 nitrogen and oxygen atoms in total. The maximum Gasteiger partial charge on any atom is 0.151 e. The van der Waals surface area contributed by atoms with Crippen molar-refractivity contribution < 1.29 is 8.42 Å². The van der Waals surface area contributed by atoms with Gasteiger partial charge in [-0.15, -0.1) is 0 Å². The van der Waals surface area contributed by atoms with Crippen LogP contribution < -0.4 is 0 Å². The molecule has 0 aliphatic rings. The van der Waals surface area contributed by atoms with Gasteiger partial charge in [-0.1, -0.05) is 38.1 Å². The molecule has 0 radical (unpaired) electrons. The monoisotopic (exact) mass is 283 g/mol. The molecule has 19 heavy (non-hydrogen) atoms. The molecule has 1 rings (SSSR count). The van der Waals surface area contributed by atoms with Crippen LogP contribution in [0, 0.1) is 6.92 Å². The highest BCUT2D eigenvalue weighted by molar-refractivity contribution is 7.91. The molecular weight excluding hydrogens is 258 g/mol. The fourth-order valence-electron chi connectivity index (χ4n) is 2.18. The minimum atomic E-state index is -2.92. The van der Waals surface area contributed by atoms with E-state index in [0.717, 1.165) is 13.1 Å². The molecule has 0 aliphatic heterocycles. The van der Waals surface area contributed by atoms with Crippen LogP contribution in [0.4, 0.5) is 0 Å². The molecule has 0 heterocycles. The van der Waals surface area contributed by atoms with E-state index in [4.69, 9.17) is 0 Å². The average molecular weight is 283 g/mol. The van der Waals surface area contributed by atoms with Crippen molar-refractivity contribution >= 4 is 9.84 Å². The lowest BCUT2D eigenvalue weighted by Gasteiger charge is -2.28. The molecule has 108 valence electrons. The normalized spacial score (nSPS) is 13.7. The Morgan fingerprint density at radius 3 is 2.37 bits per heavy atom. The summed E-state index contributed by atoms with van der Waals surface area (Å²) < 4.78 is 23.4. The van der Waals surface area contributed by atoms with Crippen LogP contribution in [0.3, 0.4) is 0 Å². The molecule has 1 aromatic rings. The Labute approximate surface area is 117 Å². The van der Waals surface area contributed by atoms with Gasteiger partial charge in [0.25, 0.3) is 0 Å². The Balaban J connectivity index is 2.76. The minimum absolute atomic E-state index is 0.0505. The zero-order valence-corrected chi connectivity index (χ0v) is 13.2. The second-order valence-corrected chi connectivity index (χ2v) is 7.44. The molecule has 0 aliphatic carbocycles. The Morgan fingerprint density at radius 2 is 1.84 bits per heavy atom. The van der Waals surface area contributed by atoms with Crippen molar-refractivity contribution in [2.45, 2.75) is 40.3 Å². The minimum Gasteiger partial charge on any atom is -0.296 e. The van der Waals surface area contributed by atoms with Gasteiger partial charge in [0.15, 0.2) is 9.84 Å². The summed E-state index contributed by atoms with van der Waals surface area (Å²) in [5.41, 5.74) is 2.52. The lowest BCUT2D eigenvalue weighted by molar-refractivity contribution is 0.226. The van der Waals surface area contributed by atoms with Crippen LogP contribution in [0.5, 0.6) is 0 Å². The van der Waals surface area contributed by atoms with Gasteiger partial charge in [-0.05, 0) is 31.5 Å². The molecular formula is C15H25NO2S. The van der Waals surface area contributed by atoms with Gasteiger partial charge in [0.2, 0.25) is 0 Å². The highest BCUT2D eigenvalue weighted by Gasteiger charge is 2.19. The molecule has 0 saturated carbocycles. The van der Waals surface area contributed by atoms with Gasteiger partial charge in [0.05, 0.1) is 5.75 Å². The highest BCUT2D eigenvalue weighted by atomic mass is 32.2. The van der Waals surface area contributed by atoms with Gasteiger partial charge in [0, 0.05) is 18.3 Å². The van der Waals surface area contributed by atoms with Crippen molar-refractivity contribution in [2.24, 2.45) is 0 Å². The van der Waals surface area contributed by atoms with E-state index in [-0.39, 0.29) is 17.5 Å². The smallest absolute Gasteiger partial charge is 0.151 e. The third-order valence-electron chi connectivity index (χ3n) is 3.60. The molecule has 4 heteroatoms. The molecule has 0 unspecified atom stereocenters. The Kier molecular flexibility index (Phi) is 6.01. The number of hydrogen-bond acceptors (Lipinski definition) is 3. The average Bonchev–Trinajstić information content (AvgIpc) is 2.37. The predicted octanol–water partition coefficient (Wildman–Crippen LogP) is 2.64. The lowest BCUT2D eigenvalue weighted by Crippen LogP contribution is -2.38. The summed E-state index contributed by atoms with van der Waals surface area (Å²) in [7, 11) is -2.92. The van der Waals surface area contributed by atoms with Gasteiger partial charge >= 0.3 is 0 Å². The van der Waals surface area contributed by atoms with Crippen LogP contribution in [-0.2, 0) is 16.4 Å². The fourth-order valence-corrected chi connectivity index (χ4v) is 3.36. The van der Waals surface area contributed by atoms with E-state index in [1.54, 1.807) is 6.92 Å². The van der Waals surface area contributed by atoms with Crippen LogP contribution in [0.25, 0.3) is 0 Å². The molecule has 0 amide bonds. The van der Waals surface area contributed by atoms with E-state index in [2.05, 4.69) is 30.9 Å². The van der Waals surface area contributed by atoms with Gasteiger partial charge in [-0.2, -0.15) is 0 Å². The van der Waals surface area contributed by atoms with Crippen molar-refractivity contribution in [3.8, 4) is 0 Å². The van der Waals surface area contributed by atoms with Crippen LogP contribution in [0.15, 0.2) is 24.3 Å². The first-order valence-corrected chi connectivity index (χ1v) is 8.70. The third-order valence-corrected chi connectivity index (χ3v) is 5.47. The third kappa shape index (κ3) is 4.96. The molecule has 0 aromatic heterocycles. The Hall–Kier alpha value is -0.870. The number of benzene rings is 1. The molecule has 0 fully saturated rings. The zero-order valence-electron chi connectivity index (χ0n) is 12.4. The summed E-state index contributed by atoms with van der Waals surface area (Å²) in [6.07, 6.45) is 0. The summed E-state index contributed by atoms with van der Waals surface area (Å²) in [4.78, 5) is 2.22. The Morgan fingerprint density at radius 1 is 1.21 bits per heavy atom. The molecule has 0 saturated heterocycles. The first kappa shape index (κ1) is 16.2. The molecule has 0 N–H and O–H groups in total. The van der Waals surface area contributed by atoms with Crippen LogP contribution in [0.2, 0.25) is 0 Å². The first-order chi connectivity index (χ1) is 8.89. The predicted molar refractivity (Wildman–Crippen MR) is 81.1 cm³/mol. The molecule has 0 spiro atoms. The summed E-state index contributed by atoms with van der Waals surface area (Å²) in [6.45, 7) is 9.54. The fraction of sp³-hybridized carbons (Fsp3) is 0.600. The summed E-state index contributed by atoms with van der Waals surface area (Å²) in [5, 5.41) is 0. The summed E-state index contributed by atoms with van der Waals surface area (Å²) in [6, 6.07) is 8.31. The quantitative estimate of drug-likeness (QED) is 0.772. The zero-order chi connectivity index (χ0) is 14.5. The van der Waals surface area contributed by atoms with Crippen molar-refractivity contribution in [1.82, 2.24) is 4.90 Å². The Bertz CT molecular complexity index is 497. The van der Waals surface area contributed by atoms with Crippen molar-refractivity contribution in [1.29, 1.82) is 0 Å². The topological polar surface area (TPSA) is 37.4 Å². The molecule has 0 bridgehead atoms.